The van der Waals surface area contributed by atoms with Crippen molar-refractivity contribution in [1.82, 2.24) is 5.32 Å². The van der Waals surface area contributed by atoms with Crippen LogP contribution in [0.15, 0.2) is 24.3 Å². The molecule has 5 heteroatoms. The van der Waals surface area contributed by atoms with Crippen LogP contribution >= 0.6 is 0 Å². The van der Waals surface area contributed by atoms with E-state index in [0.29, 0.717) is 13.0 Å². The van der Waals surface area contributed by atoms with E-state index in [1.807, 2.05) is 12.1 Å². The van der Waals surface area contributed by atoms with Crippen LogP contribution in [0.5, 0.6) is 0 Å². The first-order valence-corrected chi connectivity index (χ1v) is 9.52. The average Bonchev–Trinajstić information content (AvgIpc) is 3.00. The zero-order chi connectivity index (χ0) is 17.8. The average molecular weight is 343 g/mol. The van der Waals surface area contributed by atoms with E-state index in [2.05, 4.69) is 24.4 Å². The molecule has 3 rings (SSSR count). The molecule has 1 atom stereocenters. The summed E-state index contributed by atoms with van der Waals surface area (Å²) in [4.78, 5) is 26.6. The maximum atomic E-state index is 12.5. The number of carbonyl (C=O) groups excluding carboxylic acids is 2. The Hall–Kier alpha value is -1.88. The Morgan fingerprint density at radius 1 is 1.20 bits per heavy atom. The third-order valence-corrected chi connectivity index (χ3v) is 5.40. The van der Waals surface area contributed by atoms with Crippen molar-refractivity contribution in [3.63, 3.8) is 0 Å². The first-order valence-electron chi connectivity index (χ1n) is 9.52. The lowest BCUT2D eigenvalue weighted by Gasteiger charge is -2.27. The number of anilines is 1. The summed E-state index contributed by atoms with van der Waals surface area (Å²) in [5, 5.41) is 3.13. The zero-order valence-electron chi connectivity index (χ0n) is 15.0. The number of nitrogens with zero attached hydrogens (tertiary/aromatic N) is 1. The fraction of sp³-hybridized carbons (Fsp3) is 0.600. The lowest BCUT2D eigenvalue weighted by molar-refractivity contribution is -0.127. The molecule has 1 saturated carbocycles. The minimum Gasteiger partial charge on any atom is -0.353 e. The molecular weight excluding hydrogens is 314 g/mol. The van der Waals surface area contributed by atoms with Crippen molar-refractivity contribution in [3.05, 3.63) is 29.8 Å². The van der Waals surface area contributed by atoms with Crippen LogP contribution in [0.4, 0.5) is 5.69 Å². The van der Waals surface area contributed by atoms with Gasteiger partial charge in [0.05, 0.1) is 5.92 Å². The van der Waals surface area contributed by atoms with Gasteiger partial charge in [-0.3, -0.25) is 9.59 Å². The van der Waals surface area contributed by atoms with Gasteiger partial charge in [-0.05, 0) is 49.8 Å². The monoisotopic (exact) mass is 343 g/mol. The van der Waals surface area contributed by atoms with Crippen LogP contribution in [0.2, 0.25) is 0 Å². The fourth-order valence-electron chi connectivity index (χ4n) is 3.85. The van der Waals surface area contributed by atoms with Crippen LogP contribution in [-0.2, 0) is 16.0 Å². The van der Waals surface area contributed by atoms with Crippen molar-refractivity contribution in [1.29, 1.82) is 0 Å². The molecule has 0 bridgehead atoms. The Balaban J connectivity index is 1.57. The highest BCUT2D eigenvalue weighted by Gasteiger charge is 2.36. The number of nitrogens with one attached hydrogen (secondary N) is 1. The second-order valence-electron chi connectivity index (χ2n) is 7.44. The Morgan fingerprint density at radius 2 is 1.88 bits per heavy atom. The first-order chi connectivity index (χ1) is 12.1. The molecule has 1 aliphatic heterocycles. The molecule has 2 amide bonds. The summed E-state index contributed by atoms with van der Waals surface area (Å²) in [5.41, 5.74) is 8.09. The number of amides is 2. The van der Waals surface area contributed by atoms with Gasteiger partial charge in [0.25, 0.3) is 0 Å². The minimum absolute atomic E-state index is 0.0129. The smallest absolute Gasteiger partial charge is 0.227 e. The third kappa shape index (κ3) is 4.40. The van der Waals surface area contributed by atoms with Crippen molar-refractivity contribution in [2.45, 2.75) is 64.0 Å². The third-order valence-electron chi connectivity index (χ3n) is 5.40. The maximum absolute atomic E-state index is 12.5. The van der Waals surface area contributed by atoms with Gasteiger partial charge in [0, 0.05) is 30.7 Å². The predicted octanol–water partition coefficient (Wildman–Crippen LogP) is 2.38. The van der Waals surface area contributed by atoms with Crippen LogP contribution < -0.4 is 16.0 Å². The molecule has 136 valence electrons. The summed E-state index contributed by atoms with van der Waals surface area (Å²) in [7, 11) is 0. The number of rotatable bonds is 5. The molecule has 1 heterocycles. The van der Waals surface area contributed by atoms with Gasteiger partial charge in [-0.25, -0.2) is 0 Å². The molecular formula is C20H29N3O2. The van der Waals surface area contributed by atoms with Crippen molar-refractivity contribution in [3.8, 4) is 0 Å². The van der Waals surface area contributed by atoms with E-state index in [4.69, 9.17) is 5.73 Å². The topological polar surface area (TPSA) is 75.4 Å². The molecule has 2 fully saturated rings. The molecule has 1 unspecified atom stereocenters. The molecule has 5 nitrogen and oxygen atoms in total. The normalized spacial score (nSPS) is 26.7. The lowest BCUT2D eigenvalue weighted by Crippen LogP contribution is -2.43. The standard InChI is InChI=1S/C20H29N3O2/c1-2-3-14-4-10-18(11-5-14)23-13-15(12-19(23)24)20(25)22-17-8-6-16(21)7-9-17/h4-5,10-11,15-17H,2-3,6-9,12-13,21H2,1H3,(H,22,25). The Morgan fingerprint density at radius 3 is 2.52 bits per heavy atom. The molecule has 1 aromatic carbocycles. The minimum atomic E-state index is -0.251. The molecule has 1 aliphatic carbocycles. The Kier molecular flexibility index (Phi) is 5.74. The van der Waals surface area contributed by atoms with Crippen LogP contribution in [0.3, 0.4) is 0 Å². The second kappa shape index (κ2) is 8.00. The number of hydrogen-bond donors (Lipinski definition) is 2. The molecule has 0 aromatic heterocycles. The molecule has 1 saturated heterocycles. The molecule has 3 N–H and O–H groups in total. The van der Waals surface area contributed by atoms with E-state index in [-0.39, 0.29) is 29.8 Å². The number of carbonyl (C=O) groups is 2. The Bertz CT molecular complexity index is 606. The van der Waals surface area contributed by atoms with Crippen LogP contribution in [-0.4, -0.2) is 30.4 Å². The van der Waals surface area contributed by atoms with Crippen molar-refractivity contribution in [2.75, 3.05) is 11.4 Å². The van der Waals surface area contributed by atoms with E-state index in [1.54, 1.807) is 4.90 Å². The van der Waals surface area contributed by atoms with Crippen molar-refractivity contribution >= 4 is 17.5 Å². The molecule has 1 aromatic rings. The number of aryl methyl sites for hydroxylation is 1. The summed E-state index contributed by atoms with van der Waals surface area (Å²) in [6.07, 6.45) is 6.26. The molecule has 0 radical (unpaired) electrons. The Labute approximate surface area is 150 Å². The van der Waals surface area contributed by atoms with E-state index in [0.717, 1.165) is 44.2 Å². The van der Waals surface area contributed by atoms with Crippen molar-refractivity contribution < 1.29 is 9.59 Å². The van der Waals surface area contributed by atoms with Gasteiger partial charge in [0.2, 0.25) is 11.8 Å². The molecule has 25 heavy (non-hydrogen) atoms. The number of benzene rings is 1. The molecule has 2 aliphatic rings. The van der Waals surface area contributed by atoms with Gasteiger partial charge in [-0.2, -0.15) is 0 Å². The van der Waals surface area contributed by atoms with Crippen molar-refractivity contribution in [2.24, 2.45) is 11.7 Å². The van der Waals surface area contributed by atoms with E-state index < -0.39 is 0 Å². The number of hydrogen-bond acceptors (Lipinski definition) is 3. The summed E-state index contributed by atoms with van der Waals surface area (Å²) >= 11 is 0. The van der Waals surface area contributed by atoms with Gasteiger partial charge in [0.1, 0.15) is 0 Å². The fourth-order valence-corrected chi connectivity index (χ4v) is 3.85. The van der Waals surface area contributed by atoms with Gasteiger partial charge in [-0.15, -0.1) is 0 Å². The highest BCUT2D eigenvalue weighted by Crippen LogP contribution is 2.26. The van der Waals surface area contributed by atoms with Crippen LogP contribution in [0, 0.1) is 5.92 Å². The highest BCUT2D eigenvalue weighted by atomic mass is 16.2. The second-order valence-corrected chi connectivity index (χ2v) is 7.44. The first kappa shape index (κ1) is 17.9. The number of nitrogens with two attached hydrogens (primary N) is 1. The van der Waals surface area contributed by atoms with Crippen LogP contribution in [0.1, 0.15) is 51.0 Å². The van der Waals surface area contributed by atoms with Crippen LogP contribution in [0.25, 0.3) is 0 Å². The van der Waals surface area contributed by atoms with E-state index in [1.165, 1.54) is 5.56 Å². The van der Waals surface area contributed by atoms with Gasteiger partial charge < -0.3 is 16.0 Å². The predicted molar refractivity (Wildman–Crippen MR) is 99.3 cm³/mol. The van der Waals surface area contributed by atoms with Gasteiger partial charge in [-0.1, -0.05) is 25.5 Å². The molecule has 0 spiro atoms. The summed E-state index contributed by atoms with van der Waals surface area (Å²) in [6, 6.07) is 8.62. The quantitative estimate of drug-likeness (QED) is 0.862. The largest absolute Gasteiger partial charge is 0.353 e. The summed E-state index contributed by atoms with van der Waals surface area (Å²) < 4.78 is 0. The van der Waals surface area contributed by atoms with E-state index in [9.17, 15) is 9.59 Å². The lowest BCUT2D eigenvalue weighted by atomic mass is 9.91. The highest BCUT2D eigenvalue weighted by molar-refractivity contribution is 6.00. The van der Waals surface area contributed by atoms with Gasteiger partial charge in [0.15, 0.2) is 0 Å². The summed E-state index contributed by atoms with van der Waals surface area (Å²) in [6.45, 7) is 2.63. The zero-order valence-corrected chi connectivity index (χ0v) is 15.0. The van der Waals surface area contributed by atoms with E-state index >= 15 is 0 Å². The van der Waals surface area contributed by atoms with Gasteiger partial charge >= 0.3 is 0 Å². The summed E-state index contributed by atoms with van der Waals surface area (Å²) in [5.74, 6) is -0.202. The SMILES string of the molecule is CCCc1ccc(N2CC(C(=O)NC3CCC(N)CC3)CC2=O)cc1. The maximum Gasteiger partial charge on any atom is 0.227 e.